The van der Waals surface area contributed by atoms with E-state index in [0.717, 1.165) is 55.0 Å². The van der Waals surface area contributed by atoms with E-state index in [4.69, 9.17) is 20.1 Å². The zero-order valence-electron chi connectivity index (χ0n) is 21.2. The van der Waals surface area contributed by atoms with E-state index in [1.807, 2.05) is 24.7 Å². The number of hydrogen-bond acceptors (Lipinski definition) is 9. The molecule has 3 aromatic heterocycles. The van der Waals surface area contributed by atoms with E-state index in [1.54, 1.807) is 7.05 Å². The van der Waals surface area contributed by atoms with Gasteiger partial charge in [0, 0.05) is 56.7 Å². The topological polar surface area (TPSA) is 102 Å². The Hall–Kier alpha value is -3.04. The van der Waals surface area contributed by atoms with Crippen molar-refractivity contribution >= 4 is 34.2 Å². The maximum Gasteiger partial charge on any atom is 0.227 e. The van der Waals surface area contributed by atoms with Gasteiger partial charge >= 0.3 is 0 Å². The summed E-state index contributed by atoms with van der Waals surface area (Å²) in [6.45, 7) is 9.55. The third-order valence-electron chi connectivity index (χ3n) is 6.46. The molecule has 3 aromatic rings. The molecule has 5 heterocycles. The molecule has 5 rings (SSSR count). The Kier molecular flexibility index (Phi) is 8.65. The van der Waals surface area contributed by atoms with Crippen LogP contribution in [0.5, 0.6) is 0 Å². The van der Waals surface area contributed by atoms with Gasteiger partial charge in [-0.25, -0.2) is 15.0 Å². The molecule has 0 amide bonds. The van der Waals surface area contributed by atoms with Crippen molar-refractivity contribution < 1.29 is 5.11 Å². The van der Waals surface area contributed by atoms with Crippen molar-refractivity contribution in [2.75, 3.05) is 61.5 Å². The van der Waals surface area contributed by atoms with Crippen LogP contribution in [-0.2, 0) is 0 Å². The minimum Gasteiger partial charge on any atom is -0.395 e. The average Bonchev–Trinajstić information content (AvgIpc) is 2.84. The third kappa shape index (κ3) is 6.15. The summed E-state index contributed by atoms with van der Waals surface area (Å²) in [7, 11) is 1.80. The first-order chi connectivity index (χ1) is 17.1. The Bertz CT molecular complexity index is 1090. The molecule has 2 aliphatic heterocycles. The predicted molar refractivity (Wildman–Crippen MR) is 143 cm³/mol. The quantitative estimate of drug-likeness (QED) is 0.469. The number of nitrogens with zero attached hydrogens (tertiary/aromatic N) is 6. The van der Waals surface area contributed by atoms with Crippen LogP contribution in [0.4, 0.5) is 23.4 Å². The van der Waals surface area contributed by atoms with Crippen LogP contribution in [-0.4, -0.2) is 71.4 Å². The number of rotatable bonds is 7. The first-order valence-electron chi connectivity index (χ1n) is 12.7. The normalized spacial score (nSPS) is 15.6. The average molecular weight is 479 g/mol. The van der Waals surface area contributed by atoms with Crippen molar-refractivity contribution in [3.63, 3.8) is 0 Å². The lowest BCUT2D eigenvalue weighted by Crippen LogP contribution is -2.37. The molecule has 0 radical (unpaired) electrons. The molecule has 0 aromatic carbocycles. The number of hydrogen-bond donors (Lipinski definition) is 3. The summed E-state index contributed by atoms with van der Waals surface area (Å²) >= 11 is 0. The largest absolute Gasteiger partial charge is 0.395 e. The third-order valence-corrected chi connectivity index (χ3v) is 6.46. The number of pyridine rings is 2. The molecule has 0 atom stereocenters. The van der Waals surface area contributed by atoms with Crippen LogP contribution >= 0.6 is 0 Å². The monoisotopic (exact) mass is 478 g/mol. The smallest absolute Gasteiger partial charge is 0.227 e. The highest BCUT2D eigenvalue weighted by atomic mass is 16.3. The van der Waals surface area contributed by atoms with Crippen LogP contribution in [0, 0.1) is 0 Å². The Morgan fingerprint density at radius 3 is 2.31 bits per heavy atom. The molecule has 9 nitrogen and oxygen atoms in total. The van der Waals surface area contributed by atoms with E-state index in [1.165, 1.54) is 36.6 Å². The number of anilines is 4. The summed E-state index contributed by atoms with van der Waals surface area (Å²) in [6, 6.07) is 4.04. The number of aliphatic hydroxyl groups excluding tert-OH is 1. The van der Waals surface area contributed by atoms with Gasteiger partial charge in [0.2, 0.25) is 5.95 Å². The lowest BCUT2D eigenvalue weighted by atomic mass is 9.98. The van der Waals surface area contributed by atoms with Crippen LogP contribution in [0.1, 0.15) is 51.0 Å². The number of nitrogens with one attached hydrogen (secondary N) is 2. The number of likely N-dealkylation sites (N-methyl/N-ethyl adjacent to an activating group) is 1. The molecule has 2 fully saturated rings. The van der Waals surface area contributed by atoms with Gasteiger partial charge < -0.3 is 25.5 Å². The Balaban J connectivity index is 0.000000527. The highest BCUT2D eigenvalue weighted by Crippen LogP contribution is 2.34. The van der Waals surface area contributed by atoms with E-state index in [0.29, 0.717) is 12.5 Å². The van der Waals surface area contributed by atoms with Crippen molar-refractivity contribution in [2.24, 2.45) is 0 Å². The summed E-state index contributed by atoms with van der Waals surface area (Å²) < 4.78 is 0. The Morgan fingerprint density at radius 1 is 0.914 bits per heavy atom. The van der Waals surface area contributed by atoms with Crippen LogP contribution < -0.4 is 20.4 Å². The van der Waals surface area contributed by atoms with Gasteiger partial charge in [-0.2, -0.15) is 4.98 Å². The van der Waals surface area contributed by atoms with Crippen molar-refractivity contribution in [3.8, 4) is 0 Å². The summed E-state index contributed by atoms with van der Waals surface area (Å²) in [5, 5.41) is 16.5. The molecule has 3 N–H and O–H groups in total. The Morgan fingerprint density at radius 2 is 1.69 bits per heavy atom. The van der Waals surface area contributed by atoms with Crippen LogP contribution in [0.2, 0.25) is 0 Å². The van der Waals surface area contributed by atoms with Crippen molar-refractivity contribution in [3.05, 3.63) is 36.3 Å². The molecule has 2 saturated heterocycles. The maximum atomic E-state index is 8.00. The van der Waals surface area contributed by atoms with Gasteiger partial charge in [0.15, 0.2) is 0 Å². The summed E-state index contributed by atoms with van der Waals surface area (Å²) in [5.41, 5.74) is 1.25. The van der Waals surface area contributed by atoms with Gasteiger partial charge in [0.25, 0.3) is 0 Å². The lowest BCUT2D eigenvalue weighted by molar-refractivity contribution is 0.296. The van der Waals surface area contributed by atoms with Crippen LogP contribution in [0.3, 0.4) is 0 Å². The van der Waals surface area contributed by atoms with Gasteiger partial charge in [-0.1, -0.05) is 13.8 Å². The second-order valence-corrected chi connectivity index (χ2v) is 9.39. The van der Waals surface area contributed by atoms with Crippen LogP contribution in [0.25, 0.3) is 10.8 Å². The SMILES string of the molecule is CC(C)c1cnc(N2CCC2)c2cnc(Nc3ccnc(N4CCCCC4)n3)cc12.CNCCO. The number of piperidine rings is 1. The minimum absolute atomic E-state index is 0.233. The fraction of sp³-hybridized carbons (Fsp3) is 0.538. The van der Waals surface area contributed by atoms with E-state index >= 15 is 0 Å². The maximum absolute atomic E-state index is 8.00. The first-order valence-corrected chi connectivity index (χ1v) is 12.7. The molecule has 35 heavy (non-hydrogen) atoms. The second-order valence-electron chi connectivity index (χ2n) is 9.39. The molecule has 0 saturated carbocycles. The molecular weight excluding hydrogens is 440 g/mol. The molecule has 2 aliphatic rings. The first kappa shape index (κ1) is 25.1. The summed E-state index contributed by atoms with van der Waals surface area (Å²) in [4.78, 5) is 23.3. The van der Waals surface area contributed by atoms with E-state index in [9.17, 15) is 0 Å². The molecule has 188 valence electrons. The molecule has 0 aliphatic carbocycles. The Labute approximate surface area is 208 Å². The fourth-order valence-electron chi connectivity index (χ4n) is 4.36. The van der Waals surface area contributed by atoms with Crippen molar-refractivity contribution in [1.82, 2.24) is 25.3 Å². The minimum atomic E-state index is 0.233. The predicted octanol–water partition coefficient (Wildman–Crippen LogP) is 3.69. The van der Waals surface area contributed by atoms with Gasteiger partial charge in [-0.05, 0) is 61.7 Å². The lowest BCUT2D eigenvalue weighted by Gasteiger charge is -2.33. The van der Waals surface area contributed by atoms with E-state index in [-0.39, 0.29) is 6.61 Å². The van der Waals surface area contributed by atoms with Gasteiger partial charge in [-0.15, -0.1) is 0 Å². The number of aromatic nitrogens is 4. The molecule has 0 bridgehead atoms. The highest BCUT2D eigenvalue weighted by Gasteiger charge is 2.21. The van der Waals surface area contributed by atoms with E-state index in [2.05, 4.69) is 45.3 Å². The molecule has 0 spiro atoms. The highest BCUT2D eigenvalue weighted by molar-refractivity contribution is 5.96. The van der Waals surface area contributed by atoms with E-state index < -0.39 is 0 Å². The number of aliphatic hydroxyl groups is 1. The van der Waals surface area contributed by atoms with Crippen molar-refractivity contribution in [1.29, 1.82) is 0 Å². The van der Waals surface area contributed by atoms with Gasteiger partial charge in [0.1, 0.15) is 17.5 Å². The zero-order valence-corrected chi connectivity index (χ0v) is 21.2. The second kappa shape index (κ2) is 12.1. The zero-order chi connectivity index (χ0) is 24.6. The van der Waals surface area contributed by atoms with Gasteiger partial charge in [-0.3, -0.25) is 0 Å². The molecule has 9 heteroatoms. The molecule has 0 unspecified atom stereocenters. The number of fused-ring (bicyclic) bond motifs is 1. The van der Waals surface area contributed by atoms with Gasteiger partial charge in [0.05, 0.1) is 6.61 Å². The molecular formula is C26H38N8O. The fourth-order valence-corrected chi connectivity index (χ4v) is 4.36. The summed E-state index contributed by atoms with van der Waals surface area (Å²) in [5.74, 6) is 3.82. The van der Waals surface area contributed by atoms with Crippen LogP contribution in [0.15, 0.2) is 30.7 Å². The summed E-state index contributed by atoms with van der Waals surface area (Å²) in [6.07, 6.45) is 10.8. The standard InChI is InChI=1S/C23H29N7.C3H9NO/c1-16(2)18-14-26-22(29-11-6-12-29)19-15-25-21(13-17(18)19)27-20-7-8-24-23(28-20)30-9-4-3-5-10-30;1-4-2-3-5/h7-8,13-16H,3-6,9-12H2,1-2H3,(H,24,25,27,28);4-5H,2-3H2,1H3. The van der Waals surface area contributed by atoms with Crippen molar-refractivity contribution in [2.45, 2.75) is 45.4 Å².